The number of aryl methyl sites for hydroxylation is 2. The summed E-state index contributed by atoms with van der Waals surface area (Å²) in [5.41, 5.74) is 4.57. The molecule has 0 amide bonds. The Morgan fingerprint density at radius 1 is 1.18 bits per heavy atom. The van der Waals surface area contributed by atoms with E-state index in [0.717, 1.165) is 6.42 Å². The number of benzene rings is 1. The van der Waals surface area contributed by atoms with Crippen LogP contribution in [-0.4, -0.2) is 13.1 Å². The Bertz CT molecular complexity index is 357. The average molecular weight is 231 g/mol. The van der Waals surface area contributed by atoms with Crippen molar-refractivity contribution in [2.45, 2.75) is 52.4 Å². The van der Waals surface area contributed by atoms with E-state index in [9.17, 15) is 0 Å². The molecule has 1 aromatic carbocycles. The number of hydrogen-bond donors (Lipinski definition) is 0. The largest absolute Gasteiger partial charge is 0.371 e. The third kappa shape index (κ3) is 3.02. The minimum absolute atomic E-state index is 1.16. The second-order valence-corrected chi connectivity index (χ2v) is 5.11. The lowest BCUT2D eigenvalue weighted by Gasteiger charge is -2.31. The first-order valence-electron chi connectivity index (χ1n) is 7.22. The van der Waals surface area contributed by atoms with Gasteiger partial charge in [-0.2, -0.15) is 0 Å². The summed E-state index contributed by atoms with van der Waals surface area (Å²) in [5, 5.41) is 0. The van der Waals surface area contributed by atoms with Gasteiger partial charge in [-0.15, -0.1) is 0 Å². The van der Waals surface area contributed by atoms with E-state index in [1.165, 1.54) is 56.4 Å². The molecule has 0 radical (unpaired) electrons. The molecule has 0 spiro atoms. The average Bonchev–Trinajstić information content (AvgIpc) is 2.38. The van der Waals surface area contributed by atoms with Crippen molar-refractivity contribution in [2.24, 2.45) is 0 Å². The monoisotopic (exact) mass is 231 g/mol. The zero-order chi connectivity index (χ0) is 12.1. The highest BCUT2D eigenvalue weighted by molar-refractivity contribution is 5.56. The minimum atomic E-state index is 1.16. The Kier molecular flexibility index (Phi) is 4.47. The predicted octanol–water partition coefficient (Wildman–Crippen LogP) is 4.19. The first-order valence-corrected chi connectivity index (χ1v) is 7.22. The molecule has 0 saturated heterocycles. The van der Waals surface area contributed by atoms with E-state index >= 15 is 0 Å². The van der Waals surface area contributed by atoms with Crippen molar-refractivity contribution in [3.8, 4) is 0 Å². The molecule has 0 aromatic heterocycles. The number of rotatable bonds is 5. The molecular formula is C16H25N. The fraction of sp³-hybridized carbons (Fsp3) is 0.625. The smallest absolute Gasteiger partial charge is 0.0398 e. The SMILES string of the molecule is CCCCCN1CCCc2cc(CC)ccc21. The van der Waals surface area contributed by atoms with Crippen LogP contribution in [0.2, 0.25) is 0 Å². The molecule has 1 aliphatic rings. The van der Waals surface area contributed by atoms with E-state index in [0.29, 0.717) is 0 Å². The Morgan fingerprint density at radius 2 is 2.06 bits per heavy atom. The van der Waals surface area contributed by atoms with Crippen molar-refractivity contribution >= 4 is 5.69 Å². The molecule has 1 nitrogen and oxygen atoms in total. The third-order valence-corrected chi connectivity index (χ3v) is 3.80. The molecule has 2 rings (SSSR count). The summed E-state index contributed by atoms with van der Waals surface area (Å²) >= 11 is 0. The highest BCUT2D eigenvalue weighted by Crippen LogP contribution is 2.28. The van der Waals surface area contributed by atoms with Gasteiger partial charge in [0.05, 0.1) is 0 Å². The van der Waals surface area contributed by atoms with Crippen molar-refractivity contribution in [3.63, 3.8) is 0 Å². The Balaban J connectivity index is 2.08. The first kappa shape index (κ1) is 12.5. The molecule has 1 aliphatic heterocycles. The van der Waals surface area contributed by atoms with Crippen molar-refractivity contribution in [3.05, 3.63) is 29.3 Å². The molecule has 0 saturated carbocycles. The van der Waals surface area contributed by atoms with Crippen LogP contribution in [0.25, 0.3) is 0 Å². The van der Waals surface area contributed by atoms with Gasteiger partial charge in [0.25, 0.3) is 0 Å². The second kappa shape index (κ2) is 6.09. The van der Waals surface area contributed by atoms with Gasteiger partial charge >= 0.3 is 0 Å². The molecule has 0 N–H and O–H groups in total. The van der Waals surface area contributed by atoms with Crippen LogP contribution >= 0.6 is 0 Å². The zero-order valence-corrected chi connectivity index (χ0v) is 11.3. The van der Waals surface area contributed by atoms with Crippen LogP contribution in [0.3, 0.4) is 0 Å². The van der Waals surface area contributed by atoms with E-state index in [2.05, 4.69) is 36.9 Å². The van der Waals surface area contributed by atoms with Gasteiger partial charge in [0.1, 0.15) is 0 Å². The van der Waals surface area contributed by atoms with Gasteiger partial charge in [0.2, 0.25) is 0 Å². The number of fused-ring (bicyclic) bond motifs is 1. The predicted molar refractivity (Wildman–Crippen MR) is 75.9 cm³/mol. The van der Waals surface area contributed by atoms with Gasteiger partial charge in [0.15, 0.2) is 0 Å². The van der Waals surface area contributed by atoms with Crippen molar-refractivity contribution in [1.82, 2.24) is 0 Å². The molecule has 1 aromatic rings. The first-order chi connectivity index (χ1) is 8.35. The lowest BCUT2D eigenvalue weighted by molar-refractivity contribution is 0.637. The van der Waals surface area contributed by atoms with Crippen LogP contribution in [0.1, 0.15) is 50.7 Å². The summed E-state index contributed by atoms with van der Waals surface area (Å²) < 4.78 is 0. The summed E-state index contributed by atoms with van der Waals surface area (Å²) in [6.45, 7) is 7.01. The van der Waals surface area contributed by atoms with Crippen LogP contribution in [0.4, 0.5) is 5.69 Å². The van der Waals surface area contributed by atoms with Crippen LogP contribution < -0.4 is 4.90 Å². The summed E-state index contributed by atoms with van der Waals surface area (Å²) in [4.78, 5) is 2.59. The summed E-state index contributed by atoms with van der Waals surface area (Å²) in [5.74, 6) is 0. The maximum absolute atomic E-state index is 2.59. The van der Waals surface area contributed by atoms with Gasteiger partial charge in [-0.1, -0.05) is 38.8 Å². The molecule has 0 aliphatic carbocycles. The van der Waals surface area contributed by atoms with E-state index in [1.807, 2.05) is 0 Å². The Hall–Kier alpha value is -0.980. The van der Waals surface area contributed by atoms with Crippen molar-refractivity contribution < 1.29 is 0 Å². The van der Waals surface area contributed by atoms with Gasteiger partial charge in [-0.3, -0.25) is 0 Å². The van der Waals surface area contributed by atoms with Gasteiger partial charge in [-0.05, 0) is 42.9 Å². The molecule has 0 unspecified atom stereocenters. The van der Waals surface area contributed by atoms with Gasteiger partial charge in [0, 0.05) is 18.8 Å². The van der Waals surface area contributed by atoms with E-state index < -0.39 is 0 Å². The standard InChI is InChI=1S/C16H25N/c1-3-5-6-11-17-12-7-8-15-13-14(4-2)9-10-16(15)17/h9-10,13H,3-8,11-12H2,1-2H3. The molecule has 0 fully saturated rings. The molecule has 0 bridgehead atoms. The minimum Gasteiger partial charge on any atom is -0.371 e. The number of anilines is 1. The third-order valence-electron chi connectivity index (χ3n) is 3.80. The van der Waals surface area contributed by atoms with Crippen LogP contribution in [-0.2, 0) is 12.8 Å². The van der Waals surface area contributed by atoms with Crippen LogP contribution in [0.15, 0.2) is 18.2 Å². The molecule has 1 heterocycles. The van der Waals surface area contributed by atoms with Gasteiger partial charge in [-0.25, -0.2) is 0 Å². The molecule has 0 atom stereocenters. The number of nitrogens with zero attached hydrogens (tertiary/aromatic N) is 1. The van der Waals surface area contributed by atoms with E-state index in [-0.39, 0.29) is 0 Å². The Morgan fingerprint density at radius 3 is 2.82 bits per heavy atom. The topological polar surface area (TPSA) is 3.24 Å². The molecule has 1 heteroatoms. The highest BCUT2D eigenvalue weighted by atomic mass is 15.1. The molecule has 94 valence electrons. The van der Waals surface area contributed by atoms with Gasteiger partial charge < -0.3 is 4.90 Å². The maximum Gasteiger partial charge on any atom is 0.0398 e. The summed E-state index contributed by atoms with van der Waals surface area (Å²) in [6, 6.07) is 7.07. The number of hydrogen-bond acceptors (Lipinski definition) is 1. The molecular weight excluding hydrogens is 206 g/mol. The second-order valence-electron chi connectivity index (χ2n) is 5.11. The van der Waals surface area contributed by atoms with E-state index in [4.69, 9.17) is 0 Å². The fourth-order valence-electron chi connectivity index (χ4n) is 2.73. The molecule has 17 heavy (non-hydrogen) atoms. The van der Waals surface area contributed by atoms with Crippen LogP contribution in [0.5, 0.6) is 0 Å². The van der Waals surface area contributed by atoms with Crippen LogP contribution in [0, 0.1) is 0 Å². The highest BCUT2D eigenvalue weighted by Gasteiger charge is 2.16. The number of unbranched alkanes of at least 4 members (excludes halogenated alkanes) is 2. The van der Waals surface area contributed by atoms with Crippen molar-refractivity contribution in [2.75, 3.05) is 18.0 Å². The quantitative estimate of drug-likeness (QED) is 0.687. The normalized spacial score (nSPS) is 14.8. The Labute approximate surface area is 106 Å². The summed E-state index contributed by atoms with van der Waals surface area (Å²) in [6.07, 6.45) is 7.77. The van der Waals surface area contributed by atoms with E-state index in [1.54, 1.807) is 5.56 Å². The zero-order valence-electron chi connectivity index (χ0n) is 11.3. The van der Waals surface area contributed by atoms with Crippen molar-refractivity contribution in [1.29, 1.82) is 0 Å². The fourth-order valence-corrected chi connectivity index (χ4v) is 2.73. The maximum atomic E-state index is 2.59. The summed E-state index contributed by atoms with van der Waals surface area (Å²) in [7, 11) is 0. The lowest BCUT2D eigenvalue weighted by Crippen LogP contribution is -2.30. The lowest BCUT2D eigenvalue weighted by atomic mass is 9.98.